The lowest BCUT2D eigenvalue weighted by atomic mass is 10.3. The fourth-order valence-corrected chi connectivity index (χ4v) is 5.33. The van der Waals surface area contributed by atoms with E-state index in [9.17, 15) is 8.42 Å². The van der Waals surface area contributed by atoms with Crippen molar-refractivity contribution in [1.82, 2.24) is 4.31 Å². The Balaban J connectivity index is 3.09. The van der Waals surface area contributed by atoms with Gasteiger partial charge in [-0.1, -0.05) is 13.8 Å². The van der Waals surface area contributed by atoms with E-state index in [1.807, 2.05) is 20.8 Å². The van der Waals surface area contributed by atoms with Crippen LogP contribution in [-0.2, 0) is 10.0 Å². The standard InChI is InChI=1S/C10H16BrNO2S2/c1-4-8(3)12(5-2)16(13,14)10-7-6-9(11)15-10/h6-8H,4-5H2,1-3H3. The van der Waals surface area contributed by atoms with Crippen LogP contribution in [0.3, 0.4) is 0 Å². The minimum atomic E-state index is -3.32. The molecule has 0 aliphatic rings. The molecule has 0 saturated heterocycles. The van der Waals surface area contributed by atoms with Crippen LogP contribution in [0, 0.1) is 0 Å². The summed E-state index contributed by atoms with van der Waals surface area (Å²) in [6, 6.07) is 3.45. The number of halogens is 1. The van der Waals surface area contributed by atoms with Gasteiger partial charge in [0.1, 0.15) is 4.21 Å². The highest BCUT2D eigenvalue weighted by molar-refractivity contribution is 9.11. The zero-order valence-corrected chi connectivity index (χ0v) is 12.8. The summed E-state index contributed by atoms with van der Waals surface area (Å²) >= 11 is 4.54. The van der Waals surface area contributed by atoms with Gasteiger partial charge in [-0.3, -0.25) is 0 Å². The van der Waals surface area contributed by atoms with Crippen LogP contribution in [0.15, 0.2) is 20.1 Å². The summed E-state index contributed by atoms with van der Waals surface area (Å²) < 4.78 is 27.4. The fraction of sp³-hybridized carbons (Fsp3) is 0.600. The van der Waals surface area contributed by atoms with Crippen molar-refractivity contribution < 1.29 is 8.42 Å². The predicted octanol–water partition coefficient (Wildman–Crippen LogP) is 3.32. The van der Waals surface area contributed by atoms with Gasteiger partial charge in [0, 0.05) is 12.6 Å². The summed E-state index contributed by atoms with van der Waals surface area (Å²) in [6.07, 6.45) is 0.819. The third-order valence-corrected chi connectivity index (χ3v) is 6.69. The summed E-state index contributed by atoms with van der Waals surface area (Å²) in [5.74, 6) is 0. The SMILES string of the molecule is CCC(C)N(CC)S(=O)(=O)c1ccc(Br)s1. The molecule has 1 rings (SSSR count). The second-order valence-corrected chi connectivity index (χ2v) is 8.10. The molecule has 1 heterocycles. The Labute approximate surface area is 110 Å². The molecular formula is C10H16BrNO2S2. The molecule has 3 nitrogen and oxygen atoms in total. The van der Waals surface area contributed by atoms with Crippen LogP contribution in [-0.4, -0.2) is 25.3 Å². The maximum atomic E-state index is 12.3. The van der Waals surface area contributed by atoms with Gasteiger partial charge in [0.25, 0.3) is 10.0 Å². The van der Waals surface area contributed by atoms with Gasteiger partial charge in [0.2, 0.25) is 0 Å². The van der Waals surface area contributed by atoms with Crippen molar-refractivity contribution in [2.24, 2.45) is 0 Å². The molecule has 16 heavy (non-hydrogen) atoms. The van der Waals surface area contributed by atoms with Crippen molar-refractivity contribution >= 4 is 37.3 Å². The maximum absolute atomic E-state index is 12.3. The van der Waals surface area contributed by atoms with E-state index in [-0.39, 0.29) is 6.04 Å². The Kier molecular flexibility index (Phi) is 4.97. The molecule has 0 saturated carbocycles. The highest BCUT2D eigenvalue weighted by atomic mass is 79.9. The van der Waals surface area contributed by atoms with Gasteiger partial charge in [-0.2, -0.15) is 4.31 Å². The van der Waals surface area contributed by atoms with Gasteiger partial charge in [-0.05, 0) is 41.4 Å². The summed E-state index contributed by atoms with van der Waals surface area (Å²) in [5, 5.41) is 0. The van der Waals surface area contributed by atoms with E-state index in [0.29, 0.717) is 10.8 Å². The Morgan fingerprint density at radius 1 is 1.44 bits per heavy atom. The molecule has 1 atom stereocenters. The summed E-state index contributed by atoms with van der Waals surface area (Å²) in [6.45, 7) is 6.30. The van der Waals surface area contributed by atoms with E-state index in [4.69, 9.17) is 0 Å². The third-order valence-electron chi connectivity index (χ3n) is 2.51. The topological polar surface area (TPSA) is 37.4 Å². The largest absolute Gasteiger partial charge is 0.252 e. The second-order valence-electron chi connectivity index (χ2n) is 3.52. The van der Waals surface area contributed by atoms with Gasteiger partial charge >= 0.3 is 0 Å². The Morgan fingerprint density at radius 3 is 2.44 bits per heavy atom. The van der Waals surface area contributed by atoms with E-state index in [1.165, 1.54) is 11.3 Å². The first kappa shape index (κ1) is 14.2. The molecule has 0 N–H and O–H groups in total. The van der Waals surface area contributed by atoms with Crippen LogP contribution in [0.25, 0.3) is 0 Å². The molecule has 0 spiro atoms. The zero-order chi connectivity index (χ0) is 12.3. The van der Waals surface area contributed by atoms with E-state index >= 15 is 0 Å². The summed E-state index contributed by atoms with van der Waals surface area (Å²) in [7, 11) is -3.32. The maximum Gasteiger partial charge on any atom is 0.252 e. The third kappa shape index (κ3) is 2.85. The number of rotatable bonds is 5. The average molecular weight is 326 g/mol. The number of nitrogens with zero attached hydrogens (tertiary/aromatic N) is 1. The molecule has 0 aromatic carbocycles. The Bertz CT molecular complexity index is 441. The molecule has 0 amide bonds. The van der Waals surface area contributed by atoms with Gasteiger partial charge in [0.05, 0.1) is 3.79 Å². The molecule has 0 bridgehead atoms. The van der Waals surface area contributed by atoms with Crippen LogP contribution in [0.5, 0.6) is 0 Å². The fourth-order valence-electron chi connectivity index (χ4n) is 1.47. The first-order chi connectivity index (χ1) is 7.43. The average Bonchev–Trinajstić information content (AvgIpc) is 2.65. The predicted molar refractivity (Wildman–Crippen MR) is 71.3 cm³/mol. The monoisotopic (exact) mass is 325 g/mol. The lowest BCUT2D eigenvalue weighted by Crippen LogP contribution is -2.37. The highest BCUT2D eigenvalue weighted by Gasteiger charge is 2.27. The molecule has 1 aromatic heterocycles. The van der Waals surface area contributed by atoms with Gasteiger partial charge < -0.3 is 0 Å². The van der Waals surface area contributed by atoms with Crippen LogP contribution < -0.4 is 0 Å². The van der Waals surface area contributed by atoms with Crippen molar-refractivity contribution in [2.45, 2.75) is 37.4 Å². The normalized spacial score (nSPS) is 14.3. The number of hydrogen-bond donors (Lipinski definition) is 0. The van der Waals surface area contributed by atoms with Gasteiger partial charge in [-0.25, -0.2) is 8.42 Å². The quantitative estimate of drug-likeness (QED) is 0.832. The summed E-state index contributed by atoms with van der Waals surface area (Å²) in [5.41, 5.74) is 0. The zero-order valence-electron chi connectivity index (χ0n) is 9.60. The van der Waals surface area contributed by atoms with Crippen LogP contribution in [0.4, 0.5) is 0 Å². The molecule has 1 unspecified atom stereocenters. The minimum Gasteiger partial charge on any atom is -0.206 e. The van der Waals surface area contributed by atoms with Crippen molar-refractivity contribution in [3.8, 4) is 0 Å². The number of sulfonamides is 1. The van der Waals surface area contributed by atoms with Crippen molar-refractivity contribution in [2.75, 3.05) is 6.54 Å². The van der Waals surface area contributed by atoms with Crippen LogP contribution >= 0.6 is 27.3 Å². The Hall–Kier alpha value is 0.0900. The molecule has 0 aliphatic heterocycles. The molecule has 1 aromatic rings. The van der Waals surface area contributed by atoms with E-state index in [0.717, 1.165) is 10.2 Å². The minimum absolute atomic E-state index is 0.0378. The molecule has 0 fully saturated rings. The lowest BCUT2D eigenvalue weighted by Gasteiger charge is -2.25. The van der Waals surface area contributed by atoms with Gasteiger partial charge in [0.15, 0.2) is 0 Å². The van der Waals surface area contributed by atoms with Crippen molar-refractivity contribution in [3.05, 3.63) is 15.9 Å². The van der Waals surface area contributed by atoms with Crippen LogP contribution in [0.1, 0.15) is 27.2 Å². The van der Waals surface area contributed by atoms with Gasteiger partial charge in [-0.15, -0.1) is 11.3 Å². The van der Waals surface area contributed by atoms with E-state index < -0.39 is 10.0 Å². The first-order valence-electron chi connectivity index (χ1n) is 5.20. The Morgan fingerprint density at radius 2 is 2.06 bits per heavy atom. The number of hydrogen-bond acceptors (Lipinski definition) is 3. The molecule has 6 heteroatoms. The van der Waals surface area contributed by atoms with Crippen molar-refractivity contribution in [3.63, 3.8) is 0 Å². The van der Waals surface area contributed by atoms with E-state index in [1.54, 1.807) is 16.4 Å². The smallest absolute Gasteiger partial charge is 0.206 e. The number of thiophene rings is 1. The first-order valence-corrected chi connectivity index (χ1v) is 8.25. The van der Waals surface area contributed by atoms with E-state index in [2.05, 4.69) is 15.9 Å². The molecular weight excluding hydrogens is 310 g/mol. The molecule has 92 valence electrons. The molecule has 0 aliphatic carbocycles. The molecule has 0 radical (unpaired) electrons. The summed E-state index contributed by atoms with van der Waals surface area (Å²) in [4.78, 5) is 0. The lowest BCUT2D eigenvalue weighted by molar-refractivity contribution is 0.343. The second kappa shape index (κ2) is 5.62. The van der Waals surface area contributed by atoms with Crippen LogP contribution in [0.2, 0.25) is 0 Å². The highest BCUT2D eigenvalue weighted by Crippen LogP contribution is 2.29. The van der Waals surface area contributed by atoms with Crippen molar-refractivity contribution in [1.29, 1.82) is 0 Å².